The van der Waals surface area contributed by atoms with E-state index in [4.69, 9.17) is 27.4 Å². The zero-order valence-corrected chi connectivity index (χ0v) is 16.1. The Bertz CT molecular complexity index is 590. The van der Waals surface area contributed by atoms with E-state index >= 15 is 0 Å². The average molecular weight is 402 g/mol. The third kappa shape index (κ3) is 11.0. The highest BCUT2D eigenvalue weighted by molar-refractivity contribution is 5.92. The molecule has 12 heteroatoms. The van der Waals surface area contributed by atoms with Crippen LogP contribution in [0.25, 0.3) is 0 Å². The maximum atomic E-state index is 12.4. The molecular formula is C16H30N6O6. The van der Waals surface area contributed by atoms with Gasteiger partial charge >= 0.3 is 11.9 Å². The minimum atomic E-state index is -1.63. The first-order chi connectivity index (χ1) is 12.9. The maximum Gasteiger partial charge on any atom is 0.326 e. The van der Waals surface area contributed by atoms with Gasteiger partial charge in [-0.3, -0.25) is 19.4 Å². The topological polar surface area (TPSA) is 223 Å². The van der Waals surface area contributed by atoms with E-state index < -0.39 is 48.3 Å². The Hall–Kier alpha value is -2.89. The van der Waals surface area contributed by atoms with Crippen LogP contribution in [0.2, 0.25) is 0 Å². The highest BCUT2D eigenvalue weighted by Crippen LogP contribution is 2.06. The Labute approximate surface area is 162 Å². The minimum Gasteiger partial charge on any atom is -0.481 e. The maximum absolute atomic E-state index is 12.4. The zero-order chi connectivity index (χ0) is 21.9. The first kappa shape index (κ1) is 25.1. The predicted molar refractivity (Wildman–Crippen MR) is 101 cm³/mol. The Kier molecular flexibility index (Phi) is 11.2. The van der Waals surface area contributed by atoms with Gasteiger partial charge in [0.15, 0.2) is 5.96 Å². The lowest BCUT2D eigenvalue weighted by molar-refractivity contribution is -0.147. The van der Waals surface area contributed by atoms with Crippen molar-refractivity contribution < 1.29 is 29.4 Å². The van der Waals surface area contributed by atoms with E-state index in [-0.39, 0.29) is 24.8 Å². The highest BCUT2D eigenvalue weighted by Gasteiger charge is 2.29. The molecule has 0 aliphatic heterocycles. The van der Waals surface area contributed by atoms with E-state index in [0.29, 0.717) is 12.8 Å². The molecule has 12 nitrogen and oxygen atoms in total. The lowest BCUT2D eigenvalue weighted by atomic mass is 10.0. The van der Waals surface area contributed by atoms with Gasteiger partial charge < -0.3 is 38.0 Å². The molecule has 0 fully saturated rings. The molecule has 28 heavy (non-hydrogen) atoms. The molecular weight excluding hydrogens is 372 g/mol. The Morgan fingerprint density at radius 3 is 2.04 bits per heavy atom. The fourth-order valence-electron chi connectivity index (χ4n) is 2.31. The summed E-state index contributed by atoms with van der Waals surface area (Å²) in [5.41, 5.74) is 16.3. The van der Waals surface area contributed by atoms with Gasteiger partial charge in [-0.15, -0.1) is 0 Å². The van der Waals surface area contributed by atoms with Crippen LogP contribution in [0.3, 0.4) is 0 Å². The van der Waals surface area contributed by atoms with Crippen molar-refractivity contribution in [2.24, 2.45) is 28.1 Å². The number of amides is 2. The number of hydrogen-bond acceptors (Lipinski definition) is 6. The summed E-state index contributed by atoms with van der Waals surface area (Å²) in [6.45, 7) is 3.96. The van der Waals surface area contributed by atoms with Crippen molar-refractivity contribution in [1.29, 1.82) is 0 Å². The molecule has 0 aromatic heterocycles. The number of hydrogen-bond donors (Lipinski definition) is 7. The Morgan fingerprint density at radius 2 is 1.57 bits per heavy atom. The fraction of sp³-hybridized carbons (Fsp3) is 0.688. The summed E-state index contributed by atoms with van der Waals surface area (Å²) in [7, 11) is 0. The number of nitrogens with one attached hydrogen (secondary N) is 2. The van der Waals surface area contributed by atoms with Crippen LogP contribution in [-0.4, -0.2) is 64.6 Å². The normalized spacial score (nSPS) is 13.9. The van der Waals surface area contributed by atoms with Crippen molar-refractivity contribution in [2.45, 2.75) is 57.7 Å². The number of carboxylic acids is 2. The molecule has 0 aromatic rings. The Balaban J connectivity index is 5.14. The number of carbonyl (C=O) groups is 4. The monoisotopic (exact) mass is 402 g/mol. The molecule has 0 aliphatic carbocycles. The molecule has 0 saturated heterocycles. The summed E-state index contributed by atoms with van der Waals surface area (Å²) in [4.78, 5) is 50.4. The average Bonchev–Trinajstić information content (AvgIpc) is 2.55. The molecule has 0 heterocycles. The van der Waals surface area contributed by atoms with Crippen LogP contribution in [0, 0.1) is 5.92 Å². The number of nitrogens with two attached hydrogens (primary N) is 3. The number of carbonyl (C=O) groups excluding carboxylic acids is 2. The molecule has 10 N–H and O–H groups in total. The van der Waals surface area contributed by atoms with Crippen molar-refractivity contribution >= 4 is 29.7 Å². The van der Waals surface area contributed by atoms with Crippen molar-refractivity contribution in [3.05, 3.63) is 0 Å². The number of aliphatic carboxylic acids is 2. The largest absolute Gasteiger partial charge is 0.481 e. The van der Waals surface area contributed by atoms with Gasteiger partial charge in [0, 0.05) is 6.54 Å². The molecule has 0 bridgehead atoms. The van der Waals surface area contributed by atoms with Crippen LogP contribution in [0.4, 0.5) is 0 Å². The van der Waals surface area contributed by atoms with Gasteiger partial charge in [0.2, 0.25) is 11.8 Å². The summed E-state index contributed by atoms with van der Waals surface area (Å²) < 4.78 is 0. The second-order valence-electron chi connectivity index (χ2n) is 6.74. The van der Waals surface area contributed by atoms with Crippen molar-refractivity contribution in [1.82, 2.24) is 10.6 Å². The van der Waals surface area contributed by atoms with Crippen LogP contribution in [-0.2, 0) is 19.2 Å². The van der Waals surface area contributed by atoms with Crippen LogP contribution < -0.4 is 27.8 Å². The second-order valence-corrected chi connectivity index (χ2v) is 6.74. The molecule has 2 amide bonds. The first-order valence-electron chi connectivity index (χ1n) is 8.80. The van der Waals surface area contributed by atoms with Gasteiger partial charge in [0.05, 0.1) is 12.5 Å². The van der Waals surface area contributed by atoms with E-state index in [1.165, 1.54) is 0 Å². The smallest absolute Gasteiger partial charge is 0.326 e. The number of carboxylic acid groups (broad SMARTS) is 2. The molecule has 0 aliphatic rings. The number of guanidine groups is 1. The molecule has 0 rings (SSSR count). The standard InChI is InChI=1S/C16H30N6O6/c1-8(2)6-9(17)13(25)21-10(4-3-5-20-16(18)19)14(26)22-11(15(27)28)7-12(23)24/h8-11H,3-7,17H2,1-2H3,(H,21,25)(H,22,26)(H,23,24)(H,27,28)(H4,18,19,20). The lowest BCUT2D eigenvalue weighted by Gasteiger charge is -2.23. The summed E-state index contributed by atoms with van der Waals surface area (Å²) in [6.07, 6.45) is 0.00204. The zero-order valence-electron chi connectivity index (χ0n) is 16.1. The van der Waals surface area contributed by atoms with Gasteiger partial charge in [-0.05, 0) is 25.2 Å². The lowest BCUT2D eigenvalue weighted by Crippen LogP contribution is -2.54. The number of rotatable bonds is 13. The van der Waals surface area contributed by atoms with E-state index in [1.807, 2.05) is 13.8 Å². The first-order valence-corrected chi connectivity index (χ1v) is 8.80. The van der Waals surface area contributed by atoms with E-state index in [1.54, 1.807) is 0 Å². The minimum absolute atomic E-state index is 0.0994. The summed E-state index contributed by atoms with van der Waals surface area (Å²) >= 11 is 0. The predicted octanol–water partition coefficient (Wildman–Crippen LogP) is -2.06. The molecule has 0 aromatic carbocycles. The van der Waals surface area contributed by atoms with Gasteiger partial charge in [-0.1, -0.05) is 13.8 Å². The van der Waals surface area contributed by atoms with Gasteiger partial charge in [0.1, 0.15) is 12.1 Å². The quantitative estimate of drug-likeness (QED) is 0.102. The van der Waals surface area contributed by atoms with Crippen LogP contribution in [0.1, 0.15) is 39.5 Å². The molecule has 3 atom stereocenters. The second kappa shape index (κ2) is 12.5. The summed E-state index contributed by atoms with van der Waals surface area (Å²) in [5, 5.41) is 22.4. The molecule has 0 saturated carbocycles. The van der Waals surface area contributed by atoms with Crippen LogP contribution in [0.5, 0.6) is 0 Å². The van der Waals surface area contributed by atoms with Crippen molar-refractivity contribution in [3.8, 4) is 0 Å². The SMILES string of the molecule is CC(C)CC(N)C(=O)NC(CCCN=C(N)N)C(=O)NC(CC(=O)O)C(=O)O. The van der Waals surface area contributed by atoms with Gasteiger partial charge in [-0.25, -0.2) is 4.79 Å². The van der Waals surface area contributed by atoms with Crippen molar-refractivity contribution in [2.75, 3.05) is 6.54 Å². The summed E-state index contributed by atoms with van der Waals surface area (Å²) in [6, 6.07) is -3.59. The molecule has 3 unspecified atom stereocenters. The third-order valence-corrected chi connectivity index (χ3v) is 3.63. The Morgan fingerprint density at radius 1 is 1.00 bits per heavy atom. The van der Waals surface area contributed by atoms with Crippen LogP contribution in [0.15, 0.2) is 4.99 Å². The number of aliphatic imine (C=N–C) groups is 1. The fourth-order valence-corrected chi connectivity index (χ4v) is 2.31. The van der Waals surface area contributed by atoms with Gasteiger partial charge in [0.25, 0.3) is 0 Å². The van der Waals surface area contributed by atoms with Crippen molar-refractivity contribution in [3.63, 3.8) is 0 Å². The number of nitrogens with zero attached hydrogens (tertiary/aromatic N) is 1. The highest BCUT2D eigenvalue weighted by atomic mass is 16.4. The third-order valence-electron chi connectivity index (χ3n) is 3.63. The molecule has 0 radical (unpaired) electrons. The molecule has 0 spiro atoms. The van der Waals surface area contributed by atoms with E-state index in [2.05, 4.69) is 15.6 Å². The summed E-state index contributed by atoms with van der Waals surface area (Å²) in [5.74, 6) is -4.26. The van der Waals surface area contributed by atoms with E-state index in [0.717, 1.165) is 0 Å². The van der Waals surface area contributed by atoms with Crippen LogP contribution >= 0.6 is 0 Å². The molecule has 160 valence electrons. The van der Waals surface area contributed by atoms with E-state index in [9.17, 15) is 19.2 Å². The van der Waals surface area contributed by atoms with Gasteiger partial charge in [-0.2, -0.15) is 0 Å².